The van der Waals surface area contributed by atoms with Crippen LogP contribution in [-0.2, 0) is 0 Å². The lowest BCUT2D eigenvalue weighted by Gasteiger charge is -2.58. The maximum Gasteiger partial charge on any atom is 0.0577 e. The lowest BCUT2D eigenvalue weighted by Crippen LogP contribution is -2.50. The number of aliphatic hydroxyl groups excluding tert-OH is 1. The molecule has 122 valence electrons. The van der Waals surface area contributed by atoms with Crippen LogP contribution in [0.3, 0.4) is 0 Å². The van der Waals surface area contributed by atoms with E-state index in [0.717, 1.165) is 36.5 Å². The summed E-state index contributed by atoms with van der Waals surface area (Å²) in [5.74, 6) is 3.38. The summed E-state index contributed by atoms with van der Waals surface area (Å²) in [6, 6.07) is 0. The highest BCUT2D eigenvalue weighted by Gasteiger charge is 2.57. The molecule has 0 radical (unpaired) electrons. The number of hydrogen-bond donors (Lipinski definition) is 1. The smallest absolute Gasteiger partial charge is 0.0577 e. The van der Waals surface area contributed by atoms with Gasteiger partial charge in [0.25, 0.3) is 0 Å². The maximum atomic E-state index is 10.1. The van der Waals surface area contributed by atoms with E-state index in [1.807, 2.05) is 0 Å². The lowest BCUT2D eigenvalue weighted by atomic mass is 9.47. The average Bonchev–Trinajstić information content (AvgIpc) is 2.84. The zero-order chi connectivity index (χ0) is 15.5. The fourth-order valence-corrected chi connectivity index (χ4v) is 7.07. The molecule has 1 N–H and O–H groups in total. The van der Waals surface area contributed by atoms with Crippen LogP contribution in [0, 0.1) is 34.5 Å². The Bertz CT molecular complexity index is 506. The van der Waals surface area contributed by atoms with Crippen LogP contribution in [0.15, 0.2) is 24.3 Å². The van der Waals surface area contributed by atoms with Gasteiger partial charge in [0.15, 0.2) is 0 Å². The summed E-state index contributed by atoms with van der Waals surface area (Å²) in [6.07, 6.45) is 14.7. The van der Waals surface area contributed by atoms with Gasteiger partial charge in [-0.2, -0.15) is 0 Å². The van der Waals surface area contributed by atoms with Crippen LogP contribution < -0.4 is 0 Å². The van der Waals surface area contributed by atoms with Crippen LogP contribution in [0.4, 0.5) is 0 Å². The summed E-state index contributed by atoms with van der Waals surface area (Å²) < 4.78 is 0. The standard InChI is InChI=1S/C21H32O/c1-4-14-6-8-18-17-7-5-15-13-16(22)9-11-21(15,3)19(17)10-12-20(14,18)2/h4-5,14,16-19,22H,1,6-13H2,2-3H3/t14-,16-,17-,18-,19-,20+,21-/m0/s1. The van der Waals surface area contributed by atoms with Gasteiger partial charge in [0, 0.05) is 0 Å². The molecule has 0 amide bonds. The minimum atomic E-state index is -0.0821. The molecule has 0 unspecified atom stereocenters. The normalized spacial score (nSPS) is 54.0. The third-order valence-corrected chi connectivity index (χ3v) is 8.44. The Hall–Kier alpha value is -0.560. The SMILES string of the molecule is C=C[C@H]1CC[C@H]2[C@@H]3CC=C4C[C@@H](O)CC[C@]4(C)[C@H]3CC[C@]12C. The second-order valence-electron chi connectivity index (χ2n) is 9.12. The minimum absolute atomic E-state index is 0.0821. The Kier molecular flexibility index (Phi) is 3.39. The fraction of sp³-hybridized carbons (Fsp3) is 0.810. The Morgan fingerprint density at radius 1 is 1.14 bits per heavy atom. The maximum absolute atomic E-state index is 10.1. The van der Waals surface area contributed by atoms with Crippen LogP contribution in [-0.4, -0.2) is 11.2 Å². The molecule has 22 heavy (non-hydrogen) atoms. The lowest BCUT2D eigenvalue weighted by molar-refractivity contribution is -0.0442. The van der Waals surface area contributed by atoms with Gasteiger partial charge in [-0.1, -0.05) is 31.6 Å². The van der Waals surface area contributed by atoms with Gasteiger partial charge in [0.2, 0.25) is 0 Å². The summed E-state index contributed by atoms with van der Waals surface area (Å²) in [5.41, 5.74) is 2.49. The first-order valence-electron chi connectivity index (χ1n) is 9.49. The highest BCUT2D eigenvalue weighted by atomic mass is 16.3. The van der Waals surface area contributed by atoms with Crippen molar-refractivity contribution >= 4 is 0 Å². The highest BCUT2D eigenvalue weighted by Crippen LogP contribution is 2.66. The van der Waals surface area contributed by atoms with Gasteiger partial charge in [-0.15, -0.1) is 6.58 Å². The molecule has 4 aliphatic carbocycles. The first-order chi connectivity index (χ1) is 10.5. The molecule has 0 spiro atoms. The molecule has 0 aromatic carbocycles. The molecule has 0 saturated heterocycles. The summed E-state index contributed by atoms with van der Waals surface area (Å²) in [6.45, 7) is 9.20. The van der Waals surface area contributed by atoms with E-state index in [4.69, 9.17) is 0 Å². The van der Waals surface area contributed by atoms with Crippen molar-refractivity contribution in [3.63, 3.8) is 0 Å². The first kappa shape index (κ1) is 15.0. The first-order valence-corrected chi connectivity index (χ1v) is 9.49. The van der Waals surface area contributed by atoms with E-state index < -0.39 is 0 Å². The molecule has 1 heteroatoms. The van der Waals surface area contributed by atoms with Crippen LogP contribution in [0.1, 0.15) is 65.2 Å². The number of aliphatic hydroxyl groups is 1. The Morgan fingerprint density at radius 3 is 2.73 bits per heavy atom. The molecule has 3 saturated carbocycles. The predicted octanol–water partition coefficient (Wildman–Crippen LogP) is 5.11. The van der Waals surface area contributed by atoms with Crippen LogP contribution >= 0.6 is 0 Å². The molecule has 1 nitrogen and oxygen atoms in total. The number of allylic oxidation sites excluding steroid dienone is 2. The Balaban J connectivity index is 1.67. The quantitative estimate of drug-likeness (QED) is 0.667. The molecular weight excluding hydrogens is 268 g/mol. The molecule has 3 fully saturated rings. The second-order valence-corrected chi connectivity index (χ2v) is 9.12. The van der Waals surface area contributed by atoms with Crippen LogP contribution in [0.5, 0.6) is 0 Å². The van der Waals surface area contributed by atoms with E-state index in [-0.39, 0.29) is 6.10 Å². The molecule has 0 heterocycles. The van der Waals surface area contributed by atoms with Gasteiger partial charge >= 0.3 is 0 Å². The molecule has 0 bridgehead atoms. The van der Waals surface area contributed by atoms with Gasteiger partial charge < -0.3 is 5.11 Å². The van der Waals surface area contributed by atoms with Gasteiger partial charge in [-0.3, -0.25) is 0 Å². The summed E-state index contributed by atoms with van der Waals surface area (Å²) in [7, 11) is 0. The largest absolute Gasteiger partial charge is 0.393 e. The van der Waals surface area contributed by atoms with Crippen molar-refractivity contribution in [3.8, 4) is 0 Å². The van der Waals surface area contributed by atoms with Gasteiger partial charge in [0.05, 0.1) is 6.10 Å². The van der Waals surface area contributed by atoms with Gasteiger partial charge in [0.1, 0.15) is 0 Å². The van der Waals surface area contributed by atoms with E-state index in [1.54, 1.807) is 5.57 Å². The molecule has 7 atom stereocenters. The summed E-state index contributed by atoms with van der Waals surface area (Å²) >= 11 is 0. The monoisotopic (exact) mass is 300 g/mol. The van der Waals surface area contributed by atoms with Crippen LogP contribution in [0.25, 0.3) is 0 Å². The van der Waals surface area contributed by atoms with Gasteiger partial charge in [-0.05, 0) is 85.9 Å². The van der Waals surface area contributed by atoms with E-state index in [2.05, 4.69) is 32.6 Å². The van der Waals surface area contributed by atoms with E-state index >= 15 is 0 Å². The average molecular weight is 300 g/mol. The van der Waals surface area contributed by atoms with Crippen LogP contribution in [0.2, 0.25) is 0 Å². The Morgan fingerprint density at radius 2 is 1.95 bits per heavy atom. The van der Waals surface area contributed by atoms with E-state index in [9.17, 15) is 5.11 Å². The van der Waals surface area contributed by atoms with Crippen molar-refractivity contribution in [2.24, 2.45) is 34.5 Å². The summed E-state index contributed by atoms with van der Waals surface area (Å²) in [4.78, 5) is 0. The van der Waals surface area contributed by atoms with Gasteiger partial charge in [-0.25, -0.2) is 0 Å². The number of fused-ring (bicyclic) bond motifs is 5. The highest BCUT2D eigenvalue weighted by molar-refractivity contribution is 5.25. The minimum Gasteiger partial charge on any atom is -0.393 e. The molecule has 4 rings (SSSR count). The zero-order valence-electron chi connectivity index (χ0n) is 14.4. The molecule has 0 aliphatic heterocycles. The molecular formula is C21H32O. The Labute approximate surface area is 135 Å². The van der Waals surface area contributed by atoms with E-state index in [1.165, 1.54) is 38.5 Å². The predicted molar refractivity (Wildman–Crippen MR) is 91.4 cm³/mol. The topological polar surface area (TPSA) is 20.2 Å². The third kappa shape index (κ3) is 1.87. The fourth-order valence-electron chi connectivity index (χ4n) is 7.07. The molecule has 0 aromatic heterocycles. The van der Waals surface area contributed by atoms with Crippen molar-refractivity contribution in [2.75, 3.05) is 0 Å². The summed E-state index contributed by atoms with van der Waals surface area (Å²) in [5, 5.41) is 10.1. The van der Waals surface area contributed by atoms with Crippen molar-refractivity contribution in [3.05, 3.63) is 24.3 Å². The van der Waals surface area contributed by atoms with E-state index in [0.29, 0.717) is 10.8 Å². The van der Waals surface area contributed by atoms with Crippen molar-refractivity contribution in [1.29, 1.82) is 0 Å². The van der Waals surface area contributed by atoms with Crippen molar-refractivity contribution in [2.45, 2.75) is 71.3 Å². The third-order valence-electron chi connectivity index (χ3n) is 8.44. The van der Waals surface area contributed by atoms with Crippen molar-refractivity contribution in [1.82, 2.24) is 0 Å². The number of hydrogen-bond acceptors (Lipinski definition) is 1. The zero-order valence-corrected chi connectivity index (χ0v) is 14.4. The second kappa shape index (κ2) is 4.97. The molecule has 4 aliphatic rings. The van der Waals surface area contributed by atoms with Crippen molar-refractivity contribution < 1.29 is 5.11 Å². The molecule has 0 aromatic rings. The number of rotatable bonds is 1.